The first-order valence-corrected chi connectivity index (χ1v) is 2.52. The maximum Gasteiger partial charge on any atom is 0.0106 e. The Bertz CT molecular complexity index is 76.9. The number of terminal acetylenes is 1. The van der Waals surface area contributed by atoms with Crippen molar-refractivity contribution in [3.05, 3.63) is 12.2 Å². The summed E-state index contributed by atoms with van der Waals surface area (Å²) in [5, 5.41) is 0. The molecular formula is C7H13N. The van der Waals surface area contributed by atoms with Crippen LogP contribution in [0.1, 0.15) is 13.8 Å². The summed E-state index contributed by atoms with van der Waals surface area (Å²) in [6.45, 7) is 4.27. The van der Waals surface area contributed by atoms with Crippen LogP contribution in [0.4, 0.5) is 0 Å². The van der Waals surface area contributed by atoms with Gasteiger partial charge in [0, 0.05) is 6.54 Å². The minimum absolute atomic E-state index is 0.663. The molecule has 0 aromatic rings. The van der Waals surface area contributed by atoms with Crippen LogP contribution >= 0.6 is 0 Å². The van der Waals surface area contributed by atoms with E-state index in [2.05, 4.69) is 12.3 Å². The summed E-state index contributed by atoms with van der Waals surface area (Å²) in [5.41, 5.74) is 5.05. The van der Waals surface area contributed by atoms with Crippen molar-refractivity contribution in [3.8, 4) is 12.3 Å². The van der Waals surface area contributed by atoms with Gasteiger partial charge in [-0.3, -0.25) is 0 Å². The third-order valence-electron chi connectivity index (χ3n) is 0.372. The number of rotatable bonds is 1. The first-order valence-electron chi connectivity index (χ1n) is 2.52. The summed E-state index contributed by atoms with van der Waals surface area (Å²) in [7, 11) is 0. The van der Waals surface area contributed by atoms with Gasteiger partial charge >= 0.3 is 0 Å². The molecule has 0 aliphatic heterocycles. The Morgan fingerprint density at radius 3 is 2.12 bits per heavy atom. The molecule has 2 N–H and O–H groups in total. The van der Waals surface area contributed by atoms with Crippen LogP contribution in [-0.2, 0) is 0 Å². The Balaban J connectivity index is 0. The Hall–Kier alpha value is -0.740. The smallest absolute Gasteiger partial charge is 0.0106 e. The minimum atomic E-state index is 0.663. The predicted octanol–water partition coefficient (Wildman–Crippen LogP) is 1.16. The standard InChI is InChI=1S/C4H9N.C3H4/c1-2-3-4-5;1-3-2/h2-3H,4-5H2,1H3;1H,2H3/b3-2-;. The van der Waals surface area contributed by atoms with Gasteiger partial charge in [0.25, 0.3) is 0 Å². The first-order chi connectivity index (χ1) is 3.83. The number of hydrogen-bond donors (Lipinski definition) is 1. The molecule has 0 fully saturated rings. The van der Waals surface area contributed by atoms with E-state index in [4.69, 9.17) is 5.73 Å². The fourth-order valence-corrected chi connectivity index (χ4v) is 0.136. The zero-order valence-electron chi connectivity index (χ0n) is 5.52. The van der Waals surface area contributed by atoms with Gasteiger partial charge < -0.3 is 5.73 Å². The van der Waals surface area contributed by atoms with Crippen LogP contribution < -0.4 is 5.73 Å². The second-order valence-electron chi connectivity index (χ2n) is 1.09. The van der Waals surface area contributed by atoms with Gasteiger partial charge in [-0.15, -0.1) is 12.3 Å². The van der Waals surface area contributed by atoms with Gasteiger partial charge in [0.05, 0.1) is 0 Å². The molecule has 0 amide bonds. The molecule has 1 heteroatoms. The summed E-state index contributed by atoms with van der Waals surface area (Å²) in [5.74, 6) is 2.25. The summed E-state index contributed by atoms with van der Waals surface area (Å²) in [6, 6.07) is 0. The molecule has 0 unspecified atom stereocenters. The van der Waals surface area contributed by atoms with Gasteiger partial charge in [-0.05, 0) is 13.8 Å². The van der Waals surface area contributed by atoms with Gasteiger partial charge in [-0.1, -0.05) is 12.2 Å². The highest BCUT2D eigenvalue weighted by molar-refractivity contribution is 4.76. The monoisotopic (exact) mass is 111 g/mol. The molecule has 0 atom stereocenters. The minimum Gasteiger partial charge on any atom is -0.327 e. The molecule has 1 nitrogen and oxygen atoms in total. The lowest BCUT2D eigenvalue weighted by molar-refractivity contribution is 1.25. The average Bonchev–Trinajstić information content (AvgIpc) is 1.71. The highest BCUT2D eigenvalue weighted by Gasteiger charge is 1.51. The molecule has 0 aromatic heterocycles. The molecule has 0 heterocycles. The fourth-order valence-electron chi connectivity index (χ4n) is 0.136. The molecule has 0 bridgehead atoms. The van der Waals surface area contributed by atoms with E-state index in [1.807, 2.05) is 19.1 Å². The maximum absolute atomic E-state index is 5.05. The SMILES string of the molecule is C#CC.C/C=C\CN. The van der Waals surface area contributed by atoms with Crippen molar-refractivity contribution in [1.82, 2.24) is 0 Å². The highest BCUT2D eigenvalue weighted by atomic mass is 14.5. The van der Waals surface area contributed by atoms with E-state index in [-0.39, 0.29) is 0 Å². The van der Waals surface area contributed by atoms with Crippen LogP contribution in [0.15, 0.2) is 12.2 Å². The second-order valence-corrected chi connectivity index (χ2v) is 1.09. The molecule has 46 valence electrons. The molecule has 0 aliphatic carbocycles. The van der Waals surface area contributed by atoms with Crippen molar-refractivity contribution in [2.45, 2.75) is 13.8 Å². The van der Waals surface area contributed by atoms with E-state index in [1.54, 1.807) is 6.92 Å². The lowest BCUT2D eigenvalue weighted by Gasteiger charge is -1.67. The molecule has 0 aromatic carbocycles. The average molecular weight is 111 g/mol. The number of hydrogen-bond acceptors (Lipinski definition) is 1. The van der Waals surface area contributed by atoms with Crippen LogP contribution in [0, 0.1) is 12.3 Å². The number of allylic oxidation sites excluding steroid dienone is 1. The number of nitrogens with two attached hydrogens (primary N) is 1. The van der Waals surface area contributed by atoms with Crippen LogP contribution in [0.25, 0.3) is 0 Å². The van der Waals surface area contributed by atoms with Gasteiger partial charge in [0.1, 0.15) is 0 Å². The molecule has 0 aliphatic rings. The van der Waals surface area contributed by atoms with E-state index in [9.17, 15) is 0 Å². The van der Waals surface area contributed by atoms with E-state index in [0.29, 0.717) is 6.54 Å². The highest BCUT2D eigenvalue weighted by Crippen LogP contribution is 1.57. The van der Waals surface area contributed by atoms with Crippen molar-refractivity contribution in [2.24, 2.45) is 5.73 Å². The fraction of sp³-hybridized carbons (Fsp3) is 0.429. The first kappa shape index (κ1) is 10.3. The van der Waals surface area contributed by atoms with Crippen LogP contribution in [0.2, 0.25) is 0 Å². The van der Waals surface area contributed by atoms with E-state index < -0.39 is 0 Å². The molecule has 8 heavy (non-hydrogen) atoms. The summed E-state index contributed by atoms with van der Waals surface area (Å²) < 4.78 is 0. The van der Waals surface area contributed by atoms with Gasteiger partial charge in [0.2, 0.25) is 0 Å². The van der Waals surface area contributed by atoms with Crippen molar-refractivity contribution in [1.29, 1.82) is 0 Å². The van der Waals surface area contributed by atoms with Crippen LogP contribution in [0.5, 0.6) is 0 Å². The normalized spacial score (nSPS) is 7.25. The van der Waals surface area contributed by atoms with Crippen molar-refractivity contribution in [3.63, 3.8) is 0 Å². The molecule has 0 saturated heterocycles. The van der Waals surface area contributed by atoms with E-state index in [0.717, 1.165) is 0 Å². The molecular weight excluding hydrogens is 98.1 g/mol. The van der Waals surface area contributed by atoms with Gasteiger partial charge in [0.15, 0.2) is 0 Å². The van der Waals surface area contributed by atoms with E-state index >= 15 is 0 Å². The molecule has 0 saturated carbocycles. The Labute approximate surface area is 51.6 Å². The van der Waals surface area contributed by atoms with Gasteiger partial charge in [-0.25, -0.2) is 0 Å². The Morgan fingerprint density at radius 2 is 2.12 bits per heavy atom. The van der Waals surface area contributed by atoms with Crippen molar-refractivity contribution in [2.75, 3.05) is 6.54 Å². The zero-order valence-corrected chi connectivity index (χ0v) is 5.52. The molecule has 0 radical (unpaired) electrons. The zero-order chi connectivity index (χ0) is 6.83. The Kier molecular flexibility index (Phi) is 20.9. The third-order valence-corrected chi connectivity index (χ3v) is 0.372. The van der Waals surface area contributed by atoms with Crippen LogP contribution in [-0.4, -0.2) is 6.54 Å². The molecule has 0 rings (SSSR count). The summed E-state index contributed by atoms with van der Waals surface area (Å²) in [6.07, 6.45) is 8.43. The topological polar surface area (TPSA) is 26.0 Å². The third kappa shape index (κ3) is 60.1. The van der Waals surface area contributed by atoms with Crippen LogP contribution in [0.3, 0.4) is 0 Å². The summed E-state index contributed by atoms with van der Waals surface area (Å²) >= 11 is 0. The largest absolute Gasteiger partial charge is 0.327 e. The van der Waals surface area contributed by atoms with E-state index in [1.165, 1.54) is 0 Å². The van der Waals surface area contributed by atoms with Crippen molar-refractivity contribution < 1.29 is 0 Å². The van der Waals surface area contributed by atoms with Crippen molar-refractivity contribution >= 4 is 0 Å². The van der Waals surface area contributed by atoms with Gasteiger partial charge in [-0.2, -0.15) is 0 Å². The molecule has 0 spiro atoms. The Morgan fingerprint density at radius 1 is 1.75 bits per heavy atom. The predicted molar refractivity (Wildman–Crippen MR) is 38.4 cm³/mol. The second kappa shape index (κ2) is 16.3. The quantitative estimate of drug-likeness (QED) is 0.399. The summed E-state index contributed by atoms with van der Waals surface area (Å²) in [4.78, 5) is 0. The lowest BCUT2D eigenvalue weighted by Crippen LogP contribution is -1.90. The lowest BCUT2D eigenvalue weighted by atomic mass is 10.5. The maximum atomic E-state index is 5.05.